The number of carboxylic acids is 1. The Morgan fingerprint density at radius 1 is 1.14 bits per heavy atom. The number of hydrogen-bond donors (Lipinski definition) is 1. The fourth-order valence-electron chi connectivity index (χ4n) is 3.29. The maximum atomic E-state index is 13.1. The van der Waals surface area contributed by atoms with Crippen LogP contribution in [0.3, 0.4) is 0 Å². The van der Waals surface area contributed by atoms with Gasteiger partial charge in [-0.25, -0.2) is 0 Å². The molecule has 2 heterocycles. The smallest absolute Gasteiger partial charge is 0.323 e. The van der Waals surface area contributed by atoms with Crippen LogP contribution in [0.1, 0.15) is 33.1 Å². The van der Waals surface area contributed by atoms with E-state index in [1.54, 1.807) is 19.1 Å². The van der Waals surface area contributed by atoms with Crippen molar-refractivity contribution in [1.82, 2.24) is 14.6 Å². The molecule has 1 amide bonds. The van der Waals surface area contributed by atoms with E-state index in [1.165, 1.54) is 4.90 Å². The molecule has 0 saturated heterocycles. The summed E-state index contributed by atoms with van der Waals surface area (Å²) >= 11 is 0. The molecule has 0 radical (unpaired) electrons. The van der Waals surface area contributed by atoms with Crippen LogP contribution in [0.2, 0.25) is 0 Å². The molecule has 3 rings (SSSR count). The quantitative estimate of drug-likeness (QED) is 0.679. The van der Waals surface area contributed by atoms with Crippen molar-refractivity contribution in [2.75, 3.05) is 13.1 Å². The number of aryl methyl sites for hydroxylation is 2. The molecule has 7 nitrogen and oxygen atoms in total. The number of rotatable bonds is 7. The summed E-state index contributed by atoms with van der Waals surface area (Å²) in [7, 11) is 0. The van der Waals surface area contributed by atoms with E-state index in [0.717, 1.165) is 11.3 Å². The highest BCUT2D eigenvalue weighted by molar-refractivity contribution is 5.97. The number of carbonyl (C=O) groups excluding carboxylic acids is 1. The second-order valence-corrected chi connectivity index (χ2v) is 6.77. The lowest BCUT2D eigenvalue weighted by Crippen LogP contribution is -2.37. The van der Waals surface area contributed by atoms with Gasteiger partial charge in [0.1, 0.15) is 12.3 Å². The third-order valence-electron chi connectivity index (χ3n) is 4.63. The number of hydrogen-bond acceptors (Lipinski definition) is 4. The Morgan fingerprint density at radius 3 is 2.46 bits per heavy atom. The Kier molecular flexibility index (Phi) is 5.63. The normalized spacial score (nSPS) is 10.8. The molecule has 0 fully saturated rings. The van der Waals surface area contributed by atoms with Gasteiger partial charge in [0.25, 0.3) is 5.91 Å². The van der Waals surface area contributed by atoms with Crippen LogP contribution in [-0.4, -0.2) is 44.7 Å². The van der Waals surface area contributed by atoms with Gasteiger partial charge < -0.3 is 14.5 Å². The second kappa shape index (κ2) is 8.12. The lowest BCUT2D eigenvalue weighted by atomic mass is 10.1. The first-order valence-corrected chi connectivity index (χ1v) is 9.04. The van der Waals surface area contributed by atoms with Crippen molar-refractivity contribution in [1.29, 1.82) is 0 Å². The summed E-state index contributed by atoms with van der Waals surface area (Å²) in [4.78, 5) is 25.8. The molecule has 0 spiro atoms. The molecule has 28 heavy (non-hydrogen) atoms. The number of nitrogens with zero attached hydrogens (tertiary/aromatic N) is 3. The lowest BCUT2D eigenvalue weighted by molar-refractivity contribution is -0.137. The second-order valence-electron chi connectivity index (χ2n) is 6.77. The number of aliphatic carboxylic acids is 1. The number of carboxylic acid groups (broad SMARTS) is 1. The van der Waals surface area contributed by atoms with Crippen LogP contribution in [-0.2, 0) is 11.2 Å². The highest BCUT2D eigenvalue weighted by atomic mass is 16.5. The summed E-state index contributed by atoms with van der Waals surface area (Å²) < 4.78 is 6.98. The summed E-state index contributed by atoms with van der Waals surface area (Å²) in [6, 6.07) is 13.2. The molecule has 146 valence electrons. The van der Waals surface area contributed by atoms with Crippen LogP contribution in [0.5, 0.6) is 0 Å². The first-order valence-electron chi connectivity index (χ1n) is 9.04. The van der Waals surface area contributed by atoms with Gasteiger partial charge in [0, 0.05) is 24.0 Å². The zero-order valence-electron chi connectivity index (χ0n) is 16.2. The Morgan fingerprint density at radius 2 is 1.86 bits per heavy atom. The van der Waals surface area contributed by atoms with E-state index in [9.17, 15) is 14.7 Å². The predicted octanol–water partition coefficient (Wildman–Crippen LogP) is 3.16. The van der Waals surface area contributed by atoms with Crippen molar-refractivity contribution < 1.29 is 19.2 Å². The number of carbonyl (C=O) groups is 2. The SMILES string of the molecule is Cc1cc(-n2c(C)cc(C(=O)N(CCc3ccccc3)CC(=O)O)c2C)no1. The first kappa shape index (κ1) is 19.4. The van der Waals surface area contributed by atoms with E-state index in [1.807, 2.05) is 48.7 Å². The fourth-order valence-corrected chi connectivity index (χ4v) is 3.29. The molecule has 0 saturated carbocycles. The molecule has 0 atom stereocenters. The minimum atomic E-state index is -1.04. The Hall–Kier alpha value is -3.35. The molecule has 2 aromatic heterocycles. The predicted molar refractivity (Wildman–Crippen MR) is 104 cm³/mol. The molecular formula is C21H23N3O4. The zero-order chi connectivity index (χ0) is 20.3. The Bertz CT molecular complexity index is 989. The monoisotopic (exact) mass is 381 g/mol. The fraction of sp³-hybridized carbons (Fsp3) is 0.286. The van der Waals surface area contributed by atoms with Gasteiger partial charge in [-0.3, -0.25) is 14.2 Å². The van der Waals surface area contributed by atoms with Crippen molar-refractivity contribution in [2.45, 2.75) is 27.2 Å². The summed E-state index contributed by atoms with van der Waals surface area (Å²) in [5.41, 5.74) is 3.04. The third kappa shape index (κ3) is 4.14. The van der Waals surface area contributed by atoms with Gasteiger partial charge in [-0.05, 0) is 38.8 Å². The van der Waals surface area contributed by atoms with Gasteiger partial charge in [0.2, 0.25) is 0 Å². The molecule has 0 aliphatic rings. The van der Waals surface area contributed by atoms with Gasteiger partial charge in [-0.2, -0.15) is 0 Å². The van der Waals surface area contributed by atoms with Gasteiger partial charge in [-0.15, -0.1) is 0 Å². The minimum Gasteiger partial charge on any atom is -0.480 e. The van der Waals surface area contributed by atoms with E-state index >= 15 is 0 Å². The summed E-state index contributed by atoms with van der Waals surface area (Å²) in [5.74, 6) is -0.0772. The zero-order valence-corrected chi connectivity index (χ0v) is 16.2. The maximum Gasteiger partial charge on any atom is 0.323 e. The van der Waals surface area contributed by atoms with Crippen LogP contribution in [0, 0.1) is 20.8 Å². The van der Waals surface area contributed by atoms with Crippen LogP contribution >= 0.6 is 0 Å². The molecule has 1 aromatic carbocycles. The Labute approximate surface area is 163 Å². The largest absolute Gasteiger partial charge is 0.480 e. The lowest BCUT2D eigenvalue weighted by Gasteiger charge is -2.21. The van der Waals surface area contributed by atoms with Crippen LogP contribution in [0.15, 0.2) is 47.0 Å². The van der Waals surface area contributed by atoms with Crippen molar-refractivity contribution >= 4 is 11.9 Å². The molecule has 1 N–H and O–H groups in total. The number of benzene rings is 1. The molecule has 0 aliphatic carbocycles. The van der Waals surface area contributed by atoms with Crippen molar-refractivity contribution in [2.24, 2.45) is 0 Å². The molecule has 0 aliphatic heterocycles. The molecule has 3 aromatic rings. The summed E-state index contributed by atoms with van der Waals surface area (Å²) in [5, 5.41) is 13.3. The highest BCUT2D eigenvalue weighted by Crippen LogP contribution is 2.22. The number of aromatic nitrogens is 2. The topological polar surface area (TPSA) is 88.6 Å². The van der Waals surface area contributed by atoms with Gasteiger partial charge in [0.05, 0.1) is 5.56 Å². The van der Waals surface area contributed by atoms with Gasteiger partial charge in [0.15, 0.2) is 5.82 Å². The highest BCUT2D eigenvalue weighted by Gasteiger charge is 2.24. The minimum absolute atomic E-state index is 0.308. The van der Waals surface area contributed by atoms with Crippen LogP contribution in [0.4, 0.5) is 0 Å². The van der Waals surface area contributed by atoms with E-state index in [-0.39, 0.29) is 12.5 Å². The molecule has 7 heteroatoms. The molecule has 0 unspecified atom stereocenters. The van der Waals surface area contributed by atoms with Crippen LogP contribution < -0.4 is 0 Å². The number of amides is 1. The summed E-state index contributed by atoms with van der Waals surface area (Å²) in [6.07, 6.45) is 0.584. The maximum absolute atomic E-state index is 13.1. The van der Waals surface area contributed by atoms with E-state index in [0.29, 0.717) is 35.8 Å². The van der Waals surface area contributed by atoms with Crippen molar-refractivity contribution in [3.8, 4) is 5.82 Å². The van der Waals surface area contributed by atoms with E-state index < -0.39 is 5.97 Å². The first-order chi connectivity index (χ1) is 13.4. The van der Waals surface area contributed by atoms with E-state index in [2.05, 4.69) is 5.16 Å². The standard InChI is InChI=1S/C21H23N3O4/c1-14-11-18(16(3)24(14)19-12-15(2)28-22-19)21(27)23(13-20(25)26)10-9-17-7-5-4-6-8-17/h4-8,11-12H,9-10,13H2,1-3H3,(H,25,26). The average molecular weight is 381 g/mol. The van der Waals surface area contributed by atoms with Gasteiger partial charge >= 0.3 is 5.97 Å². The third-order valence-corrected chi connectivity index (χ3v) is 4.63. The van der Waals surface area contributed by atoms with E-state index in [4.69, 9.17) is 4.52 Å². The van der Waals surface area contributed by atoms with Gasteiger partial charge in [-0.1, -0.05) is 35.5 Å². The van der Waals surface area contributed by atoms with Crippen molar-refractivity contribution in [3.63, 3.8) is 0 Å². The molecular weight excluding hydrogens is 358 g/mol. The van der Waals surface area contributed by atoms with Crippen molar-refractivity contribution in [3.05, 3.63) is 70.7 Å². The summed E-state index contributed by atoms with van der Waals surface area (Å²) in [6.45, 7) is 5.47. The average Bonchev–Trinajstić information content (AvgIpc) is 3.21. The van der Waals surface area contributed by atoms with Crippen LogP contribution in [0.25, 0.3) is 5.82 Å². The Balaban J connectivity index is 1.87. The molecule has 0 bridgehead atoms.